The summed E-state index contributed by atoms with van der Waals surface area (Å²) in [5, 5.41) is 3.60. The van der Waals surface area contributed by atoms with Gasteiger partial charge in [0.15, 0.2) is 0 Å². The summed E-state index contributed by atoms with van der Waals surface area (Å²) < 4.78 is 0. The molecule has 0 unspecified atom stereocenters. The van der Waals surface area contributed by atoms with Crippen molar-refractivity contribution < 1.29 is 0 Å². The van der Waals surface area contributed by atoms with Crippen LogP contribution in [0.1, 0.15) is 34.6 Å². The van der Waals surface area contributed by atoms with Crippen LogP contribution in [-0.4, -0.2) is 38.1 Å². The maximum atomic E-state index is 3.60. The van der Waals surface area contributed by atoms with Gasteiger partial charge in [-0.05, 0) is 32.4 Å². The van der Waals surface area contributed by atoms with Crippen LogP contribution in [0.3, 0.4) is 0 Å². The highest BCUT2D eigenvalue weighted by Crippen LogP contribution is 2.15. The summed E-state index contributed by atoms with van der Waals surface area (Å²) in [6.07, 6.45) is 0. The Morgan fingerprint density at radius 1 is 1.14 bits per heavy atom. The zero-order valence-electron chi connectivity index (χ0n) is 11.0. The van der Waals surface area contributed by atoms with Gasteiger partial charge in [0.05, 0.1) is 0 Å². The van der Waals surface area contributed by atoms with E-state index in [1.54, 1.807) is 0 Å². The van der Waals surface area contributed by atoms with Gasteiger partial charge in [-0.2, -0.15) is 0 Å². The van der Waals surface area contributed by atoms with E-state index < -0.39 is 0 Å². The highest BCUT2D eigenvalue weighted by atomic mass is 15.1. The van der Waals surface area contributed by atoms with Crippen LogP contribution in [-0.2, 0) is 0 Å². The number of rotatable bonds is 6. The zero-order valence-corrected chi connectivity index (χ0v) is 11.0. The van der Waals surface area contributed by atoms with Gasteiger partial charge in [0.25, 0.3) is 0 Å². The third kappa shape index (κ3) is 6.39. The largest absolute Gasteiger partial charge is 0.313 e. The Morgan fingerprint density at radius 3 is 2.00 bits per heavy atom. The molecule has 1 atom stereocenters. The van der Waals surface area contributed by atoms with E-state index in [9.17, 15) is 0 Å². The van der Waals surface area contributed by atoms with Gasteiger partial charge in [-0.3, -0.25) is 0 Å². The van der Waals surface area contributed by atoms with Gasteiger partial charge in [-0.25, -0.2) is 0 Å². The lowest BCUT2D eigenvalue weighted by molar-refractivity contribution is 0.220. The minimum atomic E-state index is 0.354. The van der Waals surface area contributed by atoms with E-state index >= 15 is 0 Å². The summed E-state index contributed by atoms with van der Waals surface area (Å²) in [5.41, 5.74) is 0.354. The molecular formula is C12H28N2. The minimum absolute atomic E-state index is 0.354. The summed E-state index contributed by atoms with van der Waals surface area (Å²) >= 11 is 0. The van der Waals surface area contributed by atoms with Crippen LogP contribution in [0.5, 0.6) is 0 Å². The van der Waals surface area contributed by atoms with E-state index in [1.807, 2.05) is 0 Å². The van der Waals surface area contributed by atoms with Crippen molar-refractivity contribution in [3.05, 3.63) is 0 Å². The van der Waals surface area contributed by atoms with Gasteiger partial charge in [-0.1, -0.05) is 27.7 Å². The minimum Gasteiger partial charge on any atom is -0.313 e. The number of nitrogens with one attached hydrogen (secondary N) is 1. The van der Waals surface area contributed by atoms with Crippen molar-refractivity contribution in [2.45, 2.75) is 40.7 Å². The monoisotopic (exact) mass is 200 g/mol. The lowest BCUT2D eigenvalue weighted by atomic mass is 9.92. The molecule has 0 aliphatic carbocycles. The Morgan fingerprint density at radius 2 is 1.64 bits per heavy atom. The second kappa shape index (κ2) is 5.72. The van der Waals surface area contributed by atoms with E-state index in [2.05, 4.69) is 58.9 Å². The fraction of sp³-hybridized carbons (Fsp3) is 1.00. The molecule has 0 bridgehead atoms. The molecular weight excluding hydrogens is 172 g/mol. The van der Waals surface area contributed by atoms with Crippen LogP contribution in [0.25, 0.3) is 0 Å². The molecule has 86 valence electrons. The van der Waals surface area contributed by atoms with Crippen LogP contribution in [0, 0.1) is 11.3 Å². The molecule has 0 heterocycles. The summed E-state index contributed by atoms with van der Waals surface area (Å²) in [6, 6.07) is 0.608. The molecule has 0 aromatic carbocycles. The van der Waals surface area contributed by atoms with E-state index in [-0.39, 0.29) is 0 Å². The molecule has 0 saturated carbocycles. The zero-order chi connectivity index (χ0) is 11.4. The van der Waals surface area contributed by atoms with Gasteiger partial charge >= 0.3 is 0 Å². The average molecular weight is 200 g/mol. The van der Waals surface area contributed by atoms with Crippen molar-refractivity contribution in [2.24, 2.45) is 11.3 Å². The van der Waals surface area contributed by atoms with Gasteiger partial charge in [0, 0.05) is 19.1 Å². The third-order valence-electron chi connectivity index (χ3n) is 2.65. The van der Waals surface area contributed by atoms with E-state index in [1.165, 1.54) is 0 Å². The molecule has 0 saturated heterocycles. The van der Waals surface area contributed by atoms with Crippen LogP contribution < -0.4 is 5.32 Å². The third-order valence-corrected chi connectivity index (χ3v) is 2.65. The Bertz CT molecular complexity index is 150. The topological polar surface area (TPSA) is 15.3 Å². The molecule has 0 aromatic heterocycles. The Labute approximate surface area is 90.1 Å². The second-order valence-corrected chi connectivity index (χ2v) is 5.82. The van der Waals surface area contributed by atoms with Gasteiger partial charge < -0.3 is 10.2 Å². The fourth-order valence-electron chi connectivity index (χ4n) is 1.58. The summed E-state index contributed by atoms with van der Waals surface area (Å²) in [7, 11) is 4.27. The Balaban J connectivity index is 3.86. The predicted molar refractivity (Wildman–Crippen MR) is 64.6 cm³/mol. The normalized spacial score (nSPS) is 15.2. The summed E-state index contributed by atoms with van der Waals surface area (Å²) in [6.45, 7) is 13.6. The van der Waals surface area contributed by atoms with Crippen LogP contribution in [0.2, 0.25) is 0 Å². The fourth-order valence-corrected chi connectivity index (χ4v) is 1.58. The molecule has 0 rings (SSSR count). The molecule has 0 spiro atoms. The maximum Gasteiger partial charge on any atom is 0.00619 e. The summed E-state index contributed by atoms with van der Waals surface area (Å²) in [5.74, 6) is 0.713. The quantitative estimate of drug-likeness (QED) is 0.707. The van der Waals surface area contributed by atoms with Crippen molar-refractivity contribution >= 4 is 0 Å². The first-order valence-corrected chi connectivity index (χ1v) is 5.63. The SMILES string of the molecule is CC(C)[C@H](C)NCC(C)(C)CN(C)C. The van der Waals surface area contributed by atoms with Crippen LogP contribution in [0.4, 0.5) is 0 Å². The molecule has 0 radical (unpaired) electrons. The lowest BCUT2D eigenvalue weighted by Gasteiger charge is -2.31. The van der Waals surface area contributed by atoms with Crippen molar-refractivity contribution in [1.29, 1.82) is 0 Å². The van der Waals surface area contributed by atoms with E-state index in [0.29, 0.717) is 17.4 Å². The first-order chi connectivity index (χ1) is 6.24. The van der Waals surface area contributed by atoms with Crippen molar-refractivity contribution in [2.75, 3.05) is 27.2 Å². The highest BCUT2D eigenvalue weighted by molar-refractivity contribution is 4.76. The number of hydrogen-bond acceptors (Lipinski definition) is 2. The standard InChI is InChI=1S/C12H28N2/c1-10(2)11(3)13-8-12(4,5)9-14(6)7/h10-11,13H,8-9H2,1-7H3/t11-/m0/s1. The number of hydrogen-bond donors (Lipinski definition) is 1. The molecule has 1 N–H and O–H groups in total. The first-order valence-electron chi connectivity index (χ1n) is 5.63. The van der Waals surface area contributed by atoms with Crippen LogP contribution in [0.15, 0.2) is 0 Å². The molecule has 0 aromatic rings. The second-order valence-electron chi connectivity index (χ2n) is 5.82. The highest BCUT2D eigenvalue weighted by Gasteiger charge is 2.19. The average Bonchev–Trinajstić information content (AvgIpc) is 1.97. The molecule has 2 heteroatoms. The van der Waals surface area contributed by atoms with Crippen molar-refractivity contribution in [3.63, 3.8) is 0 Å². The predicted octanol–water partition coefficient (Wildman–Crippen LogP) is 2.21. The van der Waals surface area contributed by atoms with Crippen molar-refractivity contribution in [1.82, 2.24) is 10.2 Å². The molecule has 0 fully saturated rings. The lowest BCUT2D eigenvalue weighted by Crippen LogP contribution is -2.42. The Kier molecular flexibility index (Phi) is 5.68. The molecule has 0 aliphatic heterocycles. The molecule has 14 heavy (non-hydrogen) atoms. The smallest absolute Gasteiger partial charge is 0.00619 e. The maximum absolute atomic E-state index is 3.60. The van der Waals surface area contributed by atoms with E-state index in [4.69, 9.17) is 0 Å². The molecule has 0 amide bonds. The van der Waals surface area contributed by atoms with E-state index in [0.717, 1.165) is 13.1 Å². The van der Waals surface area contributed by atoms with Crippen molar-refractivity contribution in [3.8, 4) is 0 Å². The molecule has 2 nitrogen and oxygen atoms in total. The number of nitrogens with zero attached hydrogens (tertiary/aromatic N) is 1. The Hall–Kier alpha value is -0.0800. The van der Waals surface area contributed by atoms with Crippen LogP contribution >= 0.6 is 0 Å². The van der Waals surface area contributed by atoms with Gasteiger partial charge in [-0.15, -0.1) is 0 Å². The van der Waals surface area contributed by atoms with Gasteiger partial charge in [0.1, 0.15) is 0 Å². The molecule has 0 aliphatic rings. The van der Waals surface area contributed by atoms with Gasteiger partial charge in [0.2, 0.25) is 0 Å². The summed E-state index contributed by atoms with van der Waals surface area (Å²) in [4.78, 5) is 2.25. The first kappa shape index (κ1) is 13.9.